The maximum Gasteiger partial charge on any atom is 0.416 e. The van der Waals surface area contributed by atoms with Gasteiger partial charge in [0.2, 0.25) is 0 Å². The van der Waals surface area contributed by atoms with Crippen molar-refractivity contribution in [1.29, 1.82) is 0 Å². The highest BCUT2D eigenvalue weighted by Gasteiger charge is 2.34. The van der Waals surface area contributed by atoms with Gasteiger partial charge in [0.1, 0.15) is 11.1 Å². The third kappa shape index (κ3) is 4.50. The predicted molar refractivity (Wildman–Crippen MR) is 100.0 cm³/mol. The summed E-state index contributed by atoms with van der Waals surface area (Å²) in [6.45, 7) is 2.76. The molecule has 1 heterocycles. The highest BCUT2D eigenvalue weighted by Crippen LogP contribution is 2.40. The van der Waals surface area contributed by atoms with E-state index in [1.807, 2.05) is 6.92 Å². The van der Waals surface area contributed by atoms with Crippen molar-refractivity contribution in [1.82, 2.24) is 4.90 Å². The van der Waals surface area contributed by atoms with E-state index in [0.29, 0.717) is 35.9 Å². The Hall–Kier alpha value is -2.35. The van der Waals surface area contributed by atoms with Crippen molar-refractivity contribution in [2.24, 2.45) is 0 Å². The second kappa shape index (κ2) is 8.12. The highest BCUT2D eigenvalue weighted by molar-refractivity contribution is 7.99. The Balaban J connectivity index is 1.80. The lowest BCUT2D eigenvalue weighted by Gasteiger charge is -2.25. The number of ether oxygens (including phenoxy) is 1. The third-order valence-electron chi connectivity index (χ3n) is 4.08. The first-order valence-electron chi connectivity index (χ1n) is 8.48. The molecule has 2 amide bonds. The molecule has 3 rings (SSSR count). The molecule has 1 atom stereocenters. The minimum absolute atomic E-state index is 0.366. The number of anilines is 1. The number of thioether (sulfide) groups is 1. The minimum Gasteiger partial charge on any atom is -0.492 e. The molecule has 0 aliphatic carbocycles. The average Bonchev–Trinajstić information content (AvgIpc) is 3.13. The molecule has 0 saturated carbocycles. The van der Waals surface area contributed by atoms with Crippen LogP contribution in [0.1, 0.15) is 23.4 Å². The summed E-state index contributed by atoms with van der Waals surface area (Å²) in [6.07, 6.45) is -4.41. The Morgan fingerprint density at radius 3 is 2.78 bits per heavy atom. The summed E-state index contributed by atoms with van der Waals surface area (Å²) in [5.74, 6) is 1.21. The number of halogens is 3. The zero-order valence-corrected chi connectivity index (χ0v) is 15.4. The van der Waals surface area contributed by atoms with Crippen LogP contribution in [0.5, 0.6) is 5.75 Å². The van der Waals surface area contributed by atoms with Crippen LogP contribution < -0.4 is 10.1 Å². The zero-order valence-electron chi connectivity index (χ0n) is 14.6. The van der Waals surface area contributed by atoms with Crippen LogP contribution in [0.25, 0.3) is 0 Å². The van der Waals surface area contributed by atoms with Crippen LogP contribution in [-0.2, 0) is 6.18 Å². The molecule has 144 valence electrons. The number of hydrogen-bond donors (Lipinski definition) is 1. The number of carbonyl (C=O) groups is 1. The summed E-state index contributed by atoms with van der Waals surface area (Å²) in [5.41, 5.74) is 0.277. The summed E-state index contributed by atoms with van der Waals surface area (Å²) in [6, 6.07) is 11.8. The molecule has 1 N–H and O–H groups in total. The fraction of sp³-hybridized carbons (Fsp3) is 0.316. The van der Waals surface area contributed by atoms with Crippen molar-refractivity contribution in [2.45, 2.75) is 18.5 Å². The Morgan fingerprint density at radius 2 is 2.04 bits per heavy atom. The fourth-order valence-electron chi connectivity index (χ4n) is 2.86. The van der Waals surface area contributed by atoms with Crippen molar-refractivity contribution < 1.29 is 22.7 Å². The van der Waals surface area contributed by atoms with Gasteiger partial charge in [0.05, 0.1) is 17.9 Å². The monoisotopic (exact) mass is 396 g/mol. The number of nitrogens with zero attached hydrogens (tertiary/aromatic N) is 1. The van der Waals surface area contributed by atoms with Gasteiger partial charge in [-0.25, -0.2) is 4.79 Å². The largest absolute Gasteiger partial charge is 0.492 e. The van der Waals surface area contributed by atoms with Gasteiger partial charge in [0.15, 0.2) is 0 Å². The first kappa shape index (κ1) is 19.4. The van der Waals surface area contributed by atoms with Gasteiger partial charge >= 0.3 is 12.2 Å². The Labute approximate surface area is 159 Å². The standard InChI is InChI=1S/C19H19F3N2O2S/c1-2-26-16-9-4-3-8-15(16)23-18(25)24-10-11-27-17(24)13-6-5-7-14(12-13)19(20,21)22/h3-9,12,17H,2,10-11H2,1H3,(H,23,25)/t17-/m1/s1. The SMILES string of the molecule is CCOc1ccccc1NC(=O)N1CCS[C@@H]1c1cccc(C(F)(F)F)c1. The second-order valence-corrected chi connectivity index (χ2v) is 7.09. The van der Waals surface area contributed by atoms with Crippen molar-refractivity contribution in [3.8, 4) is 5.75 Å². The van der Waals surface area contributed by atoms with Gasteiger partial charge in [0.25, 0.3) is 0 Å². The van der Waals surface area contributed by atoms with Crippen LogP contribution in [0.4, 0.5) is 23.7 Å². The van der Waals surface area contributed by atoms with E-state index in [2.05, 4.69) is 5.32 Å². The summed E-state index contributed by atoms with van der Waals surface area (Å²) in [7, 11) is 0. The molecule has 4 nitrogen and oxygen atoms in total. The molecule has 0 radical (unpaired) electrons. The van der Waals surface area contributed by atoms with Gasteiger partial charge in [-0.2, -0.15) is 13.2 Å². The van der Waals surface area contributed by atoms with E-state index in [-0.39, 0.29) is 6.03 Å². The van der Waals surface area contributed by atoms with Gasteiger partial charge in [-0.15, -0.1) is 11.8 Å². The van der Waals surface area contributed by atoms with Gasteiger partial charge in [-0.05, 0) is 36.8 Å². The molecule has 0 bridgehead atoms. The van der Waals surface area contributed by atoms with E-state index in [1.54, 1.807) is 35.2 Å². The predicted octanol–water partition coefficient (Wildman–Crippen LogP) is 5.38. The molecule has 0 spiro atoms. The number of amides is 2. The number of nitrogens with one attached hydrogen (secondary N) is 1. The van der Waals surface area contributed by atoms with Crippen molar-refractivity contribution in [3.63, 3.8) is 0 Å². The molecule has 1 aliphatic heterocycles. The Morgan fingerprint density at radius 1 is 1.26 bits per heavy atom. The third-order valence-corrected chi connectivity index (χ3v) is 5.34. The molecule has 1 aliphatic rings. The van der Waals surface area contributed by atoms with Crippen LogP contribution >= 0.6 is 11.8 Å². The van der Waals surface area contributed by atoms with Gasteiger partial charge in [-0.1, -0.05) is 24.3 Å². The zero-order chi connectivity index (χ0) is 19.4. The summed E-state index contributed by atoms with van der Waals surface area (Å²) < 4.78 is 44.5. The number of carbonyl (C=O) groups excluding carboxylic acids is 1. The minimum atomic E-state index is -4.41. The van der Waals surface area contributed by atoms with Gasteiger partial charge in [0, 0.05) is 12.3 Å². The van der Waals surface area contributed by atoms with Gasteiger partial charge in [-0.3, -0.25) is 0 Å². The molecule has 8 heteroatoms. The maximum absolute atomic E-state index is 13.0. The highest BCUT2D eigenvalue weighted by atomic mass is 32.2. The second-order valence-electron chi connectivity index (χ2n) is 5.90. The van der Waals surface area contributed by atoms with E-state index >= 15 is 0 Å². The van der Waals surface area contributed by atoms with Crippen LogP contribution in [0, 0.1) is 0 Å². The molecule has 0 unspecified atom stereocenters. The lowest BCUT2D eigenvalue weighted by Crippen LogP contribution is -2.34. The average molecular weight is 396 g/mol. The van der Waals surface area contributed by atoms with Crippen LogP contribution in [0.15, 0.2) is 48.5 Å². The Kier molecular flexibility index (Phi) is 5.84. The van der Waals surface area contributed by atoms with E-state index in [0.717, 1.165) is 12.1 Å². The number of benzene rings is 2. The first-order chi connectivity index (χ1) is 12.9. The fourth-order valence-corrected chi connectivity index (χ4v) is 4.11. The molecule has 27 heavy (non-hydrogen) atoms. The van der Waals surface area contributed by atoms with E-state index in [1.165, 1.54) is 17.8 Å². The smallest absolute Gasteiger partial charge is 0.416 e. The summed E-state index contributed by atoms with van der Waals surface area (Å²) >= 11 is 1.44. The van der Waals surface area contributed by atoms with Gasteiger partial charge < -0.3 is 15.0 Å². The number of rotatable bonds is 4. The molecular weight excluding hydrogens is 377 g/mol. The molecule has 1 saturated heterocycles. The molecular formula is C19H19F3N2O2S. The number of hydrogen-bond acceptors (Lipinski definition) is 3. The summed E-state index contributed by atoms with van der Waals surface area (Å²) in [5, 5.41) is 2.34. The van der Waals surface area contributed by atoms with E-state index in [4.69, 9.17) is 4.74 Å². The van der Waals surface area contributed by atoms with Crippen molar-refractivity contribution >= 4 is 23.5 Å². The molecule has 1 fully saturated rings. The van der Waals surface area contributed by atoms with Crippen LogP contribution in [-0.4, -0.2) is 29.8 Å². The molecule has 2 aromatic carbocycles. The molecule has 2 aromatic rings. The van der Waals surface area contributed by atoms with Crippen molar-refractivity contribution in [3.05, 3.63) is 59.7 Å². The maximum atomic E-state index is 13.0. The Bertz CT molecular complexity index is 814. The first-order valence-corrected chi connectivity index (χ1v) is 9.53. The van der Waals surface area contributed by atoms with Crippen LogP contribution in [0.3, 0.4) is 0 Å². The lowest BCUT2D eigenvalue weighted by atomic mass is 10.1. The normalized spacial score (nSPS) is 17.0. The van der Waals surface area contributed by atoms with Crippen LogP contribution in [0.2, 0.25) is 0 Å². The summed E-state index contributed by atoms with van der Waals surface area (Å²) in [4.78, 5) is 14.3. The van der Waals surface area contributed by atoms with E-state index in [9.17, 15) is 18.0 Å². The lowest BCUT2D eigenvalue weighted by molar-refractivity contribution is -0.137. The quantitative estimate of drug-likeness (QED) is 0.754. The number of para-hydroxylation sites is 2. The molecule has 0 aromatic heterocycles. The topological polar surface area (TPSA) is 41.6 Å². The van der Waals surface area contributed by atoms with Crippen molar-refractivity contribution in [2.75, 3.05) is 24.2 Å². The number of alkyl halides is 3. The number of urea groups is 1. The van der Waals surface area contributed by atoms with E-state index < -0.39 is 17.1 Å².